The van der Waals surface area contributed by atoms with E-state index in [4.69, 9.17) is 10.5 Å². The molecule has 0 saturated carbocycles. The monoisotopic (exact) mass is 351 g/mol. The third kappa shape index (κ3) is 2.80. The number of nitrogens with one attached hydrogen (secondary N) is 1. The van der Waals surface area contributed by atoms with Crippen molar-refractivity contribution < 1.29 is 9.53 Å². The lowest BCUT2D eigenvalue weighted by atomic mass is 10.0. The Morgan fingerprint density at radius 2 is 2.04 bits per heavy atom. The maximum absolute atomic E-state index is 12.0. The molecule has 3 N–H and O–H groups in total. The Morgan fingerprint density at radius 1 is 1.27 bits per heavy atom. The fourth-order valence-corrected chi connectivity index (χ4v) is 3.32. The minimum atomic E-state index is -0.557. The Labute approximate surface area is 151 Å². The van der Waals surface area contributed by atoms with E-state index >= 15 is 0 Å². The number of rotatable bonds is 3. The van der Waals surface area contributed by atoms with Crippen molar-refractivity contribution >= 4 is 22.8 Å². The molecule has 1 aliphatic rings. The molecule has 1 amide bonds. The number of aromatic nitrogens is 3. The quantitative estimate of drug-likeness (QED) is 0.754. The van der Waals surface area contributed by atoms with Crippen molar-refractivity contribution in [2.45, 2.75) is 13.8 Å². The van der Waals surface area contributed by atoms with Crippen molar-refractivity contribution in [1.29, 1.82) is 0 Å². The van der Waals surface area contributed by atoms with Crippen molar-refractivity contribution in [2.75, 3.05) is 31.2 Å². The first kappa shape index (κ1) is 16.5. The Kier molecular flexibility index (Phi) is 4.08. The van der Waals surface area contributed by atoms with E-state index in [0.29, 0.717) is 37.8 Å². The molecule has 1 aliphatic heterocycles. The molecule has 26 heavy (non-hydrogen) atoms. The predicted octanol–water partition coefficient (Wildman–Crippen LogP) is 2.18. The van der Waals surface area contributed by atoms with Crippen LogP contribution in [0.4, 0.5) is 5.95 Å². The number of carbonyl (C=O) groups is 1. The van der Waals surface area contributed by atoms with Crippen molar-refractivity contribution in [1.82, 2.24) is 15.0 Å². The van der Waals surface area contributed by atoms with Crippen LogP contribution in [-0.2, 0) is 4.74 Å². The van der Waals surface area contributed by atoms with Crippen molar-refractivity contribution in [2.24, 2.45) is 5.73 Å². The van der Waals surface area contributed by atoms with Gasteiger partial charge in [-0.2, -0.15) is 0 Å². The van der Waals surface area contributed by atoms with E-state index in [1.807, 2.05) is 30.0 Å². The van der Waals surface area contributed by atoms with Crippen LogP contribution in [0.15, 0.2) is 24.4 Å². The van der Waals surface area contributed by atoms with Gasteiger partial charge in [-0.3, -0.25) is 4.79 Å². The summed E-state index contributed by atoms with van der Waals surface area (Å²) in [7, 11) is 0. The number of primary amides is 1. The van der Waals surface area contributed by atoms with Gasteiger partial charge in [0.05, 0.1) is 13.2 Å². The van der Waals surface area contributed by atoms with Gasteiger partial charge >= 0.3 is 0 Å². The minimum absolute atomic E-state index is 0.241. The largest absolute Gasteiger partial charge is 0.378 e. The number of amides is 1. The molecule has 3 aromatic rings. The average Bonchev–Trinajstić information content (AvgIpc) is 2.95. The zero-order valence-electron chi connectivity index (χ0n) is 14.9. The van der Waals surface area contributed by atoms with Crippen molar-refractivity contribution in [3.8, 4) is 11.1 Å². The van der Waals surface area contributed by atoms with Crippen molar-refractivity contribution in [3.05, 3.63) is 41.3 Å². The number of aryl methyl sites for hydroxylation is 2. The van der Waals surface area contributed by atoms with E-state index in [0.717, 1.165) is 22.2 Å². The molecule has 1 aromatic carbocycles. The van der Waals surface area contributed by atoms with Gasteiger partial charge in [-0.1, -0.05) is 6.07 Å². The van der Waals surface area contributed by atoms with E-state index in [9.17, 15) is 4.79 Å². The fraction of sp³-hybridized carbons (Fsp3) is 0.316. The van der Waals surface area contributed by atoms with E-state index in [-0.39, 0.29) is 5.69 Å². The Morgan fingerprint density at radius 3 is 2.77 bits per heavy atom. The summed E-state index contributed by atoms with van der Waals surface area (Å²) in [5, 5.41) is 1.12. The second-order valence-electron chi connectivity index (χ2n) is 6.53. The summed E-state index contributed by atoms with van der Waals surface area (Å²) in [5.41, 5.74) is 10.8. The van der Waals surface area contributed by atoms with E-state index in [2.05, 4.69) is 21.9 Å². The topological polar surface area (TPSA) is 97.1 Å². The normalized spacial score (nSPS) is 14.8. The number of aromatic amines is 1. The number of anilines is 1. The summed E-state index contributed by atoms with van der Waals surface area (Å²) >= 11 is 0. The molecule has 7 nitrogen and oxygen atoms in total. The molecule has 0 radical (unpaired) electrons. The van der Waals surface area contributed by atoms with Gasteiger partial charge < -0.3 is 20.4 Å². The molecule has 3 heterocycles. The van der Waals surface area contributed by atoms with Crippen LogP contribution in [0.3, 0.4) is 0 Å². The summed E-state index contributed by atoms with van der Waals surface area (Å²) in [5.74, 6) is -0.0421. The Bertz CT molecular complexity index is 989. The molecule has 134 valence electrons. The highest BCUT2D eigenvalue weighted by molar-refractivity contribution is 5.99. The van der Waals surface area contributed by atoms with E-state index < -0.39 is 5.91 Å². The molecule has 1 saturated heterocycles. The number of carbonyl (C=O) groups excluding carboxylic acids is 1. The molecule has 0 bridgehead atoms. The maximum Gasteiger partial charge on any atom is 0.268 e. The summed E-state index contributed by atoms with van der Waals surface area (Å²) < 4.78 is 5.35. The molecule has 7 heteroatoms. The first-order valence-corrected chi connectivity index (χ1v) is 8.63. The summed E-state index contributed by atoms with van der Waals surface area (Å²) in [6.07, 6.45) is 1.69. The van der Waals surface area contributed by atoms with Gasteiger partial charge in [0, 0.05) is 41.4 Å². The highest BCUT2D eigenvalue weighted by Crippen LogP contribution is 2.29. The summed E-state index contributed by atoms with van der Waals surface area (Å²) in [6, 6.07) is 6.01. The molecular weight excluding hydrogens is 330 g/mol. The van der Waals surface area contributed by atoms with Gasteiger partial charge in [-0.15, -0.1) is 0 Å². The third-order valence-corrected chi connectivity index (χ3v) is 4.92. The van der Waals surface area contributed by atoms with Crippen LogP contribution in [0.5, 0.6) is 0 Å². The molecule has 2 aromatic heterocycles. The van der Waals surface area contributed by atoms with Gasteiger partial charge in [0.2, 0.25) is 5.95 Å². The molecule has 4 rings (SSSR count). The van der Waals surface area contributed by atoms with Crippen LogP contribution in [0.25, 0.3) is 22.0 Å². The lowest BCUT2D eigenvalue weighted by Crippen LogP contribution is -2.37. The molecule has 0 atom stereocenters. The van der Waals surface area contributed by atoms with E-state index in [1.165, 1.54) is 5.56 Å². The van der Waals surface area contributed by atoms with Gasteiger partial charge in [-0.25, -0.2) is 9.97 Å². The smallest absolute Gasteiger partial charge is 0.268 e. The van der Waals surface area contributed by atoms with Gasteiger partial charge in [-0.05, 0) is 37.1 Å². The zero-order chi connectivity index (χ0) is 18.3. The zero-order valence-corrected chi connectivity index (χ0v) is 14.9. The minimum Gasteiger partial charge on any atom is -0.378 e. The molecule has 1 fully saturated rings. The second kappa shape index (κ2) is 6.42. The molecular formula is C19H21N5O2. The maximum atomic E-state index is 12.0. The second-order valence-corrected chi connectivity index (χ2v) is 6.53. The van der Waals surface area contributed by atoms with Crippen LogP contribution >= 0.6 is 0 Å². The highest BCUT2D eigenvalue weighted by atomic mass is 16.5. The van der Waals surface area contributed by atoms with Gasteiger partial charge in [0.15, 0.2) is 0 Å². The highest BCUT2D eigenvalue weighted by Gasteiger charge is 2.19. The SMILES string of the molecule is Cc1[nH]c2ccc(-c3cnc(N4CCOCC4)nc3C(N)=O)cc2c1C. The lowest BCUT2D eigenvalue weighted by Gasteiger charge is -2.27. The molecule has 0 spiro atoms. The number of morpholine rings is 1. The number of nitrogens with zero attached hydrogens (tertiary/aromatic N) is 3. The number of hydrogen-bond donors (Lipinski definition) is 2. The number of nitrogens with two attached hydrogens (primary N) is 1. The van der Waals surface area contributed by atoms with Gasteiger partial charge in [0.25, 0.3) is 5.91 Å². The van der Waals surface area contributed by atoms with E-state index in [1.54, 1.807) is 6.20 Å². The summed E-state index contributed by atoms with van der Waals surface area (Å²) in [4.78, 5) is 26.3. The first-order chi connectivity index (χ1) is 12.5. The number of fused-ring (bicyclic) bond motifs is 1. The van der Waals surface area contributed by atoms with Crippen LogP contribution in [-0.4, -0.2) is 47.2 Å². The number of H-pyrrole nitrogens is 1. The third-order valence-electron chi connectivity index (χ3n) is 4.92. The van der Waals surface area contributed by atoms with Crippen LogP contribution in [0.2, 0.25) is 0 Å². The van der Waals surface area contributed by atoms with Gasteiger partial charge in [0.1, 0.15) is 5.69 Å². The lowest BCUT2D eigenvalue weighted by molar-refractivity contribution is 0.0996. The predicted molar refractivity (Wildman–Crippen MR) is 100 cm³/mol. The number of hydrogen-bond acceptors (Lipinski definition) is 5. The number of ether oxygens (including phenoxy) is 1. The van der Waals surface area contributed by atoms with Crippen LogP contribution < -0.4 is 10.6 Å². The van der Waals surface area contributed by atoms with Crippen LogP contribution in [0, 0.1) is 13.8 Å². The number of benzene rings is 1. The molecule has 0 aliphatic carbocycles. The first-order valence-electron chi connectivity index (χ1n) is 8.63. The average molecular weight is 351 g/mol. The van der Waals surface area contributed by atoms with Crippen LogP contribution in [0.1, 0.15) is 21.7 Å². The molecule has 0 unspecified atom stereocenters. The Balaban J connectivity index is 1.80. The Hall–Kier alpha value is -2.93. The summed E-state index contributed by atoms with van der Waals surface area (Å²) in [6.45, 7) is 6.77. The fourth-order valence-electron chi connectivity index (χ4n) is 3.32. The van der Waals surface area contributed by atoms with Crippen molar-refractivity contribution in [3.63, 3.8) is 0 Å². The standard InChI is InChI=1S/C19H21N5O2/c1-11-12(2)22-16-4-3-13(9-14(11)16)15-10-21-19(23-17(15)18(20)25)24-5-7-26-8-6-24/h3-4,9-10,22H,5-8H2,1-2H3,(H2,20,25).